The lowest BCUT2D eigenvalue weighted by atomic mass is 10.0. The molecular weight excluding hydrogens is 418 g/mol. The summed E-state index contributed by atoms with van der Waals surface area (Å²) in [5.41, 5.74) is 0.875. The molecule has 0 radical (unpaired) electrons. The topological polar surface area (TPSA) is 79.3 Å². The summed E-state index contributed by atoms with van der Waals surface area (Å²) in [4.78, 5) is 28.4. The van der Waals surface area contributed by atoms with Crippen LogP contribution in [0.2, 0.25) is 0 Å². The summed E-state index contributed by atoms with van der Waals surface area (Å²) < 4.78 is 28.7. The van der Waals surface area contributed by atoms with Crippen LogP contribution in [0.15, 0.2) is 41.8 Å². The highest BCUT2D eigenvalue weighted by Gasteiger charge is 2.24. The quantitative estimate of drug-likeness (QED) is 0.444. The van der Waals surface area contributed by atoms with Gasteiger partial charge in [-0.2, -0.15) is 0 Å². The van der Waals surface area contributed by atoms with E-state index in [1.807, 2.05) is 0 Å². The van der Waals surface area contributed by atoms with E-state index in [1.54, 1.807) is 19.1 Å². The van der Waals surface area contributed by atoms with Crippen LogP contribution in [0.5, 0.6) is 0 Å². The van der Waals surface area contributed by atoms with Crippen molar-refractivity contribution < 1.29 is 23.5 Å². The van der Waals surface area contributed by atoms with Crippen LogP contribution in [0.1, 0.15) is 25.7 Å². The average Bonchev–Trinajstić information content (AvgIpc) is 3.27. The second kappa shape index (κ2) is 7.34. The summed E-state index contributed by atoms with van der Waals surface area (Å²) in [6, 6.07) is 8.89. The Kier molecular flexibility index (Phi) is 4.85. The van der Waals surface area contributed by atoms with Crippen LogP contribution in [0.25, 0.3) is 21.3 Å². The van der Waals surface area contributed by atoms with Gasteiger partial charge in [-0.25, -0.2) is 18.6 Å². The maximum Gasteiger partial charge on any atom is 0.339 e. The number of carbonyl (C=O) groups excluding carboxylic acids is 1. The van der Waals surface area contributed by atoms with Gasteiger partial charge in [-0.15, -0.1) is 22.7 Å². The number of nitrogens with one attached hydrogen (secondary N) is 1. The number of carboxylic acid groups (broad SMARTS) is 1. The second-order valence-corrected chi connectivity index (χ2v) is 8.11. The first-order valence-electron chi connectivity index (χ1n) is 8.33. The van der Waals surface area contributed by atoms with E-state index in [0.29, 0.717) is 10.3 Å². The number of carbonyl (C=O) groups is 2. The van der Waals surface area contributed by atoms with Gasteiger partial charge in [0.25, 0.3) is 5.91 Å². The van der Waals surface area contributed by atoms with Crippen molar-refractivity contribution in [2.75, 3.05) is 5.32 Å². The predicted molar refractivity (Wildman–Crippen MR) is 109 cm³/mol. The minimum atomic E-state index is -1.30. The maximum absolute atomic E-state index is 14.4. The van der Waals surface area contributed by atoms with Crippen LogP contribution in [0, 0.1) is 18.6 Å². The van der Waals surface area contributed by atoms with E-state index in [1.165, 1.54) is 29.6 Å². The first kappa shape index (κ1) is 19.2. The number of carboxylic acids is 1. The monoisotopic (exact) mass is 430 g/mol. The van der Waals surface area contributed by atoms with Gasteiger partial charge in [0.15, 0.2) is 5.01 Å². The Balaban J connectivity index is 1.71. The number of aromatic carboxylic acids is 1. The smallest absolute Gasteiger partial charge is 0.339 e. The van der Waals surface area contributed by atoms with Crippen molar-refractivity contribution in [1.29, 1.82) is 0 Å². The van der Waals surface area contributed by atoms with E-state index >= 15 is 0 Å². The number of para-hydroxylation sites is 1. The molecule has 0 saturated heterocycles. The van der Waals surface area contributed by atoms with Crippen molar-refractivity contribution in [2.24, 2.45) is 0 Å². The van der Waals surface area contributed by atoms with E-state index in [4.69, 9.17) is 0 Å². The molecule has 0 spiro atoms. The first-order valence-corrected chi connectivity index (χ1v) is 10.0. The number of hydrogen-bond acceptors (Lipinski definition) is 5. The Bertz CT molecular complexity index is 1280. The molecule has 0 aliphatic rings. The van der Waals surface area contributed by atoms with Crippen molar-refractivity contribution in [1.82, 2.24) is 4.98 Å². The van der Waals surface area contributed by atoms with Crippen LogP contribution in [-0.2, 0) is 0 Å². The van der Waals surface area contributed by atoms with Gasteiger partial charge in [0.1, 0.15) is 27.7 Å². The molecule has 0 saturated carbocycles. The number of rotatable bonds is 4. The highest BCUT2D eigenvalue weighted by molar-refractivity contribution is 7.20. The van der Waals surface area contributed by atoms with Crippen LogP contribution in [-0.4, -0.2) is 22.0 Å². The largest absolute Gasteiger partial charge is 0.478 e. The van der Waals surface area contributed by atoms with Crippen LogP contribution >= 0.6 is 22.7 Å². The van der Waals surface area contributed by atoms with E-state index < -0.39 is 23.5 Å². The van der Waals surface area contributed by atoms with Gasteiger partial charge in [0.05, 0.1) is 4.70 Å². The predicted octanol–water partition coefficient (Wildman–Crippen LogP) is 5.56. The zero-order valence-corrected chi connectivity index (χ0v) is 16.5. The fraction of sp³-hybridized carbons (Fsp3) is 0.0500. The Hall–Kier alpha value is -3.17. The number of thiazole rings is 1. The number of nitrogens with zero attached hydrogens (tertiary/aromatic N) is 1. The molecule has 2 aromatic heterocycles. The average molecular weight is 430 g/mol. The summed E-state index contributed by atoms with van der Waals surface area (Å²) in [5, 5.41) is 13.7. The van der Waals surface area contributed by atoms with E-state index in [-0.39, 0.29) is 32.2 Å². The number of aryl methyl sites for hydroxylation is 1. The Morgan fingerprint density at radius 3 is 2.59 bits per heavy atom. The zero-order chi connectivity index (χ0) is 20.7. The molecule has 0 aliphatic heterocycles. The molecule has 0 unspecified atom stereocenters. The second-order valence-electron chi connectivity index (χ2n) is 6.20. The summed E-state index contributed by atoms with van der Waals surface area (Å²) >= 11 is 1.96. The summed E-state index contributed by atoms with van der Waals surface area (Å²) in [6.07, 6.45) is 0. The molecule has 2 N–H and O–H groups in total. The third kappa shape index (κ3) is 3.50. The number of halogens is 2. The fourth-order valence-corrected chi connectivity index (χ4v) is 4.69. The molecule has 5 nitrogen and oxygen atoms in total. The molecule has 0 atom stereocenters. The van der Waals surface area contributed by atoms with Crippen LogP contribution < -0.4 is 5.32 Å². The van der Waals surface area contributed by atoms with Crippen molar-refractivity contribution >= 4 is 49.8 Å². The highest BCUT2D eigenvalue weighted by Crippen LogP contribution is 2.37. The number of fused-ring (bicyclic) bond motifs is 1. The highest BCUT2D eigenvalue weighted by atomic mass is 32.1. The molecule has 29 heavy (non-hydrogen) atoms. The molecule has 9 heteroatoms. The Morgan fingerprint density at radius 1 is 1.10 bits per heavy atom. The third-order valence-corrected chi connectivity index (χ3v) is 6.13. The number of thiophene rings is 1. The number of hydrogen-bond donors (Lipinski definition) is 2. The SMILES string of the molecule is Cc1ccc(-c2csc(NC(=O)c3nc4c(F)cccc4s3)c2C(=O)O)c(F)c1. The van der Waals surface area contributed by atoms with Crippen molar-refractivity contribution in [2.45, 2.75) is 6.92 Å². The number of amides is 1. The molecular formula is C20H12F2N2O3S2. The number of aromatic nitrogens is 1. The first-order chi connectivity index (χ1) is 13.8. The van der Waals surface area contributed by atoms with Crippen LogP contribution in [0.3, 0.4) is 0 Å². The van der Waals surface area contributed by atoms with E-state index in [0.717, 1.165) is 22.7 Å². The van der Waals surface area contributed by atoms with Crippen LogP contribution in [0.4, 0.5) is 13.8 Å². The van der Waals surface area contributed by atoms with Gasteiger partial charge in [0, 0.05) is 16.5 Å². The Labute approximate surface area is 171 Å². The van der Waals surface area contributed by atoms with E-state index in [2.05, 4.69) is 10.3 Å². The summed E-state index contributed by atoms with van der Waals surface area (Å²) in [7, 11) is 0. The van der Waals surface area contributed by atoms with Gasteiger partial charge in [0.2, 0.25) is 0 Å². The van der Waals surface area contributed by atoms with Gasteiger partial charge < -0.3 is 10.4 Å². The minimum Gasteiger partial charge on any atom is -0.478 e. The van der Waals surface area contributed by atoms with Crippen molar-refractivity contribution in [3.8, 4) is 11.1 Å². The molecule has 2 heterocycles. The summed E-state index contributed by atoms with van der Waals surface area (Å²) in [5.74, 6) is -3.06. The van der Waals surface area contributed by atoms with Gasteiger partial charge in [-0.3, -0.25) is 4.79 Å². The fourth-order valence-electron chi connectivity index (χ4n) is 2.87. The maximum atomic E-state index is 14.4. The van der Waals surface area contributed by atoms with Crippen molar-refractivity contribution in [3.05, 3.63) is 69.5 Å². The molecule has 4 rings (SSSR count). The van der Waals surface area contributed by atoms with Crippen molar-refractivity contribution in [3.63, 3.8) is 0 Å². The lowest BCUT2D eigenvalue weighted by Gasteiger charge is -2.06. The molecule has 0 fully saturated rings. The lowest BCUT2D eigenvalue weighted by Crippen LogP contribution is -2.13. The number of benzene rings is 2. The zero-order valence-electron chi connectivity index (χ0n) is 14.8. The van der Waals surface area contributed by atoms with E-state index in [9.17, 15) is 23.5 Å². The standard InChI is InChI=1S/C20H12F2N2O3S2/c1-9-5-6-10(13(22)7-9)11-8-28-18(15(11)20(26)27)24-17(25)19-23-16-12(21)3-2-4-14(16)29-19/h2-8H,1H3,(H,24,25)(H,26,27). The number of anilines is 1. The molecule has 1 amide bonds. The molecule has 0 bridgehead atoms. The molecule has 146 valence electrons. The van der Waals surface area contributed by atoms with Gasteiger partial charge in [-0.1, -0.05) is 18.2 Å². The Morgan fingerprint density at radius 2 is 1.90 bits per heavy atom. The molecule has 2 aromatic carbocycles. The molecule has 4 aromatic rings. The van der Waals surface area contributed by atoms with Gasteiger partial charge in [-0.05, 0) is 30.7 Å². The molecule has 0 aliphatic carbocycles. The summed E-state index contributed by atoms with van der Waals surface area (Å²) in [6.45, 7) is 1.73. The normalized spacial score (nSPS) is 11.0. The minimum absolute atomic E-state index is 0.00194. The lowest BCUT2D eigenvalue weighted by molar-refractivity contribution is 0.0699. The van der Waals surface area contributed by atoms with Gasteiger partial charge >= 0.3 is 5.97 Å². The third-order valence-electron chi connectivity index (χ3n) is 4.21.